The number of halogens is 1. The number of ether oxygens (including phenoxy) is 2. The quantitative estimate of drug-likeness (QED) is 0.297. The molecule has 1 aromatic heterocycles. The van der Waals surface area contributed by atoms with Crippen molar-refractivity contribution in [3.8, 4) is 5.75 Å². The van der Waals surface area contributed by atoms with Crippen LogP contribution in [0.25, 0.3) is 10.9 Å². The maximum absolute atomic E-state index is 14.2. The molecule has 15 nitrogen and oxygen atoms in total. The van der Waals surface area contributed by atoms with Crippen molar-refractivity contribution in [1.82, 2.24) is 30.3 Å². The van der Waals surface area contributed by atoms with Crippen LogP contribution in [0.15, 0.2) is 24.3 Å². The van der Waals surface area contributed by atoms with E-state index in [-0.39, 0.29) is 68.1 Å². The molecule has 3 fully saturated rings. The number of rotatable bonds is 12. The summed E-state index contributed by atoms with van der Waals surface area (Å²) >= 11 is 0. The first-order chi connectivity index (χ1) is 23.0. The average Bonchev–Trinajstić information content (AvgIpc) is 3.02. The number of piperazine rings is 1. The number of aromatic nitrogens is 1. The van der Waals surface area contributed by atoms with Crippen molar-refractivity contribution in [2.75, 3.05) is 45.9 Å². The fourth-order valence-corrected chi connectivity index (χ4v) is 5.74. The maximum atomic E-state index is 14.2. The number of hydrogen-bond donors (Lipinski definition) is 3. The Labute approximate surface area is 275 Å². The summed E-state index contributed by atoms with van der Waals surface area (Å²) < 4.78 is 25.0. The van der Waals surface area contributed by atoms with Gasteiger partial charge in [0, 0.05) is 62.7 Å². The number of pyridine rings is 1. The van der Waals surface area contributed by atoms with Crippen LogP contribution in [0.3, 0.4) is 0 Å². The number of fused-ring (bicyclic) bond motifs is 1. The van der Waals surface area contributed by atoms with E-state index in [2.05, 4.69) is 15.6 Å². The van der Waals surface area contributed by atoms with E-state index >= 15 is 0 Å². The van der Waals surface area contributed by atoms with Crippen LogP contribution < -0.4 is 15.4 Å². The zero-order valence-electron chi connectivity index (χ0n) is 26.6. The summed E-state index contributed by atoms with van der Waals surface area (Å²) in [6.07, 6.45) is 2.30. The number of nitrogens with one attached hydrogen (secondary N) is 2. The topological polar surface area (TPSA) is 188 Å². The summed E-state index contributed by atoms with van der Waals surface area (Å²) in [4.78, 5) is 84.6. The zero-order chi connectivity index (χ0) is 34.4. The molecule has 2 saturated heterocycles. The Morgan fingerprint density at radius 2 is 1.75 bits per heavy atom. The minimum atomic E-state index is -1.24. The number of nitrogens with zero attached hydrogens (tertiary/aromatic N) is 4. The summed E-state index contributed by atoms with van der Waals surface area (Å²) in [7, 11) is 0. The largest absolute Gasteiger partial charge is 0.483 e. The molecule has 0 bridgehead atoms. The molecule has 3 aliphatic rings. The van der Waals surface area contributed by atoms with E-state index in [1.807, 2.05) is 0 Å². The Morgan fingerprint density at radius 1 is 1.02 bits per heavy atom. The van der Waals surface area contributed by atoms with Gasteiger partial charge in [-0.25, -0.2) is 14.2 Å². The molecular formula is C32H39FN6O9. The van der Waals surface area contributed by atoms with Crippen LogP contribution in [0.4, 0.5) is 9.18 Å². The normalized spacial score (nSPS) is 18.3. The van der Waals surface area contributed by atoms with Crippen LogP contribution in [0.1, 0.15) is 55.9 Å². The van der Waals surface area contributed by atoms with Crippen LogP contribution >= 0.6 is 0 Å². The van der Waals surface area contributed by atoms with Crippen molar-refractivity contribution < 1.29 is 47.7 Å². The van der Waals surface area contributed by atoms with E-state index in [1.165, 1.54) is 32.9 Å². The monoisotopic (exact) mass is 670 g/mol. The number of likely N-dealkylation sites (tertiary alicyclic amines) is 1. The minimum absolute atomic E-state index is 0.0512. The number of carboxylic acid groups (broad SMARTS) is 1. The lowest BCUT2D eigenvalue weighted by atomic mass is 9.92. The van der Waals surface area contributed by atoms with Crippen molar-refractivity contribution in [2.24, 2.45) is 0 Å². The van der Waals surface area contributed by atoms with Gasteiger partial charge in [-0.1, -0.05) is 0 Å². The fraction of sp³-hybridized carbons (Fsp3) is 0.531. The van der Waals surface area contributed by atoms with Crippen LogP contribution in [0.2, 0.25) is 0 Å². The number of benzene rings is 1. The molecule has 0 radical (unpaired) electrons. The molecule has 2 aromatic rings. The predicted octanol–water partition coefficient (Wildman–Crippen LogP) is 1.29. The molecule has 1 aliphatic carbocycles. The highest BCUT2D eigenvalue weighted by atomic mass is 19.1. The second kappa shape index (κ2) is 15.3. The van der Waals surface area contributed by atoms with Crippen LogP contribution in [-0.2, 0) is 23.9 Å². The number of carbonyl (C=O) groups is 6. The van der Waals surface area contributed by atoms with Gasteiger partial charge in [-0.15, -0.1) is 0 Å². The molecular weight excluding hydrogens is 631 g/mol. The molecule has 3 heterocycles. The maximum Gasteiger partial charge on any atom is 0.409 e. The van der Waals surface area contributed by atoms with Crippen LogP contribution in [-0.4, -0.2) is 125 Å². The van der Waals surface area contributed by atoms with Crippen LogP contribution in [0.5, 0.6) is 5.75 Å². The highest BCUT2D eigenvalue weighted by molar-refractivity contribution is 5.99. The summed E-state index contributed by atoms with van der Waals surface area (Å²) in [6, 6.07) is 3.24. The second-order valence-electron chi connectivity index (χ2n) is 12.0. The van der Waals surface area contributed by atoms with E-state index in [9.17, 15) is 38.3 Å². The highest BCUT2D eigenvalue weighted by Gasteiger charge is 2.39. The van der Waals surface area contributed by atoms with Gasteiger partial charge in [0.2, 0.25) is 11.8 Å². The Morgan fingerprint density at radius 3 is 2.38 bits per heavy atom. The molecule has 48 heavy (non-hydrogen) atoms. The third-order valence-electron chi connectivity index (χ3n) is 8.78. The molecule has 0 spiro atoms. The molecule has 2 unspecified atom stereocenters. The van der Waals surface area contributed by atoms with Crippen molar-refractivity contribution in [2.45, 2.75) is 63.6 Å². The number of aliphatic carboxylic acids is 1. The van der Waals surface area contributed by atoms with Crippen molar-refractivity contribution in [3.05, 3.63) is 35.8 Å². The van der Waals surface area contributed by atoms with E-state index in [1.54, 1.807) is 6.92 Å². The standard InChI is InChI=1S/C32H39FN6O9/c1-2-47-32(46)38-14-12-37(13-15-38)31(45)22(8-9-28(41)42)36-29(43)24-17-26(21-7-6-19(33)16-23(21)35-24)48-18-27(40)39-11-10-25(39)30(44)34-20-4-3-5-20/h6-7,16-17,20,22,25H,2-5,8-15,18H2,1H3,(H,34,44)(H,36,43)(H,41,42). The lowest BCUT2D eigenvalue weighted by Gasteiger charge is -2.41. The molecule has 2 aliphatic heterocycles. The van der Waals surface area contributed by atoms with Gasteiger partial charge in [-0.3, -0.25) is 24.0 Å². The SMILES string of the molecule is CCOC(=O)N1CCN(C(=O)C(CCC(=O)O)NC(=O)c2cc(OCC(=O)N3CCC3C(=O)NC3CCC3)c3ccc(F)cc3n2)CC1. The molecule has 5 rings (SSSR count). The first-order valence-electron chi connectivity index (χ1n) is 16.1. The average molecular weight is 671 g/mol. The van der Waals surface area contributed by atoms with Gasteiger partial charge in [0.25, 0.3) is 11.8 Å². The van der Waals surface area contributed by atoms with E-state index < -0.39 is 60.7 Å². The predicted molar refractivity (Wildman–Crippen MR) is 166 cm³/mol. The highest BCUT2D eigenvalue weighted by Crippen LogP contribution is 2.28. The number of carboxylic acids is 1. The molecule has 3 N–H and O–H groups in total. The van der Waals surface area contributed by atoms with Crippen LogP contribution in [0, 0.1) is 5.82 Å². The second-order valence-corrected chi connectivity index (χ2v) is 12.0. The summed E-state index contributed by atoms with van der Waals surface area (Å²) in [6.45, 7) is 2.53. The van der Waals surface area contributed by atoms with E-state index in [0.717, 1.165) is 25.3 Å². The van der Waals surface area contributed by atoms with Crippen molar-refractivity contribution in [3.63, 3.8) is 0 Å². The van der Waals surface area contributed by atoms with E-state index in [4.69, 9.17) is 9.47 Å². The molecule has 1 aromatic carbocycles. The Bertz CT molecular complexity index is 1580. The number of amides is 5. The Balaban J connectivity index is 1.28. The lowest BCUT2D eigenvalue weighted by Crippen LogP contribution is -2.60. The first kappa shape index (κ1) is 34.3. The van der Waals surface area contributed by atoms with Crippen molar-refractivity contribution in [1.29, 1.82) is 0 Å². The van der Waals surface area contributed by atoms with Gasteiger partial charge < -0.3 is 39.9 Å². The zero-order valence-corrected chi connectivity index (χ0v) is 26.6. The molecule has 2 atom stereocenters. The molecule has 16 heteroatoms. The summed E-state index contributed by atoms with van der Waals surface area (Å²) in [5.74, 6) is -3.76. The number of carbonyl (C=O) groups excluding carboxylic acids is 5. The van der Waals surface area contributed by atoms with Gasteiger partial charge >= 0.3 is 12.1 Å². The van der Waals surface area contributed by atoms with Gasteiger partial charge in [-0.2, -0.15) is 0 Å². The molecule has 5 amide bonds. The fourth-order valence-electron chi connectivity index (χ4n) is 5.74. The third-order valence-corrected chi connectivity index (χ3v) is 8.78. The third kappa shape index (κ3) is 8.09. The van der Waals surface area contributed by atoms with Crippen molar-refractivity contribution >= 4 is 46.6 Å². The van der Waals surface area contributed by atoms with Gasteiger partial charge in [0.05, 0.1) is 12.1 Å². The minimum Gasteiger partial charge on any atom is -0.483 e. The summed E-state index contributed by atoms with van der Waals surface area (Å²) in [5.41, 5.74) is -0.201. The Hall–Kier alpha value is -5.02. The molecule has 1 saturated carbocycles. The van der Waals surface area contributed by atoms with E-state index in [0.29, 0.717) is 18.4 Å². The molecule has 258 valence electrons. The lowest BCUT2D eigenvalue weighted by molar-refractivity contribution is -0.149. The summed E-state index contributed by atoms with van der Waals surface area (Å²) in [5, 5.41) is 15.1. The van der Waals surface area contributed by atoms with Gasteiger partial charge in [0.1, 0.15) is 29.3 Å². The Kier molecular flexibility index (Phi) is 10.9. The number of hydrogen-bond acceptors (Lipinski definition) is 9. The smallest absolute Gasteiger partial charge is 0.409 e. The van der Waals surface area contributed by atoms with Gasteiger partial charge in [-0.05, 0) is 51.2 Å². The first-order valence-corrected chi connectivity index (χ1v) is 16.1. The van der Waals surface area contributed by atoms with Gasteiger partial charge in [0.15, 0.2) is 6.61 Å².